The zero-order valence-electron chi connectivity index (χ0n) is 15.8. The molecule has 5 N–H and O–H groups in total. The Kier molecular flexibility index (Phi) is 7.91. The Hall–Kier alpha value is -2.49. The molecule has 0 spiro atoms. The number of nitrogens with one attached hydrogen (secondary N) is 1. The lowest BCUT2D eigenvalue weighted by Crippen LogP contribution is -2.18. The van der Waals surface area contributed by atoms with E-state index in [-0.39, 0.29) is 10.7 Å². The molecule has 0 radical (unpaired) electrons. The second-order valence-corrected chi connectivity index (χ2v) is 6.40. The SMILES string of the molecule is C/C(N)=C(/SN)C(=O)Nc1cnc(-c2cc3c(cc2Cl)OCCO3)cn1.CC. The molecule has 2 heterocycles. The van der Waals surface area contributed by atoms with E-state index in [9.17, 15) is 4.79 Å². The monoisotopic (exact) mass is 423 g/mol. The van der Waals surface area contributed by atoms with Crippen molar-refractivity contribution >= 4 is 35.3 Å². The molecule has 0 aliphatic carbocycles. The van der Waals surface area contributed by atoms with E-state index in [1.807, 2.05) is 13.8 Å². The van der Waals surface area contributed by atoms with Crippen LogP contribution in [0.2, 0.25) is 5.02 Å². The second-order valence-electron chi connectivity index (χ2n) is 5.35. The van der Waals surface area contributed by atoms with Gasteiger partial charge in [-0.25, -0.2) is 4.98 Å². The molecular formula is C18H22ClN5O3S. The summed E-state index contributed by atoms with van der Waals surface area (Å²) < 4.78 is 11.0. The number of hydrogen-bond donors (Lipinski definition) is 3. The van der Waals surface area contributed by atoms with Crippen LogP contribution in [0.4, 0.5) is 5.82 Å². The summed E-state index contributed by atoms with van der Waals surface area (Å²) in [6, 6.07) is 3.44. The minimum atomic E-state index is -0.447. The summed E-state index contributed by atoms with van der Waals surface area (Å²) in [5.74, 6) is 1.01. The number of anilines is 1. The molecule has 0 bridgehead atoms. The number of carbonyl (C=O) groups excluding carboxylic acids is 1. The van der Waals surface area contributed by atoms with E-state index < -0.39 is 5.91 Å². The summed E-state index contributed by atoms with van der Waals surface area (Å²) in [6.45, 7) is 6.55. The van der Waals surface area contributed by atoms with Crippen molar-refractivity contribution in [1.82, 2.24) is 9.97 Å². The van der Waals surface area contributed by atoms with Crippen molar-refractivity contribution in [3.05, 3.63) is 40.2 Å². The molecule has 0 saturated heterocycles. The minimum Gasteiger partial charge on any atom is -0.486 e. The van der Waals surface area contributed by atoms with Gasteiger partial charge in [-0.1, -0.05) is 25.4 Å². The number of benzene rings is 1. The number of halogens is 1. The Morgan fingerprint density at radius 3 is 2.36 bits per heavy atom. The Balaban J connectivity index is 0.00000136. The molecule has 8 nitrogen and oxygen atoms in total. The standard InChI is InChI=1S/C16H16ClN5O3S.C2H6/c1-8(18)15(26-19)16(23)22-14-7-20-11(6-21-14)9-4-12-13(5-10(9)17)25-3-2-24-12;1-2/h4-7H,2-3,18-19H2,1H3,(H,21,22,23);1-2H3/b15-8-;. The first-order valence-electron chi connectivity index (χ1n) is 8.55. The zero-order chi connectivity index (χ0) is 20.7. The van der Waals surface area contributed by atoms with Crippen molar-refractivity contribution in [2.24, 2.45) is 10.9 Å². The Morgan fingerprint density at radius 1 is 1.18 bits per heavy atom. The van der Waals surface area contributed by atoms with Crippen LogP contribution >= 0.6 is 23.5 Å². The van der Waals surface area contributed by atoms with Crippen LogP contribution in [-0.2, 0) is 4.79 Å². The highest BCUT2D eigenvalue weighted by atomic mass is 35.5. The van der Waals surface area contributed by atoms with E-state index in [4.69, 9.17) is 31.9 Å². The lowest BCUT2D eigenvalue weighted by Gasteiger charge is -2.19. The van der Waals surface area contributed by atoms with Gasteiger partial charge in [0.1, 0.15) is 18.1 Å². The molecule has 1 aliphatic heterocycles. The molecule has 0 atom stereocenters. The topological polar surface area (TPSA) is 125 Å². The molecule has 0 unspecified atom stereocenters. The van der Waals surface area contributed by atoms with Gasteiger partial charge < -0.3 is 20.5 Å². The number of fused-ring (bicyclic) bond motifs is 1. The van der Waals surface area contributed by atoms with Crippen molar-refractivity contribution in [3.8, 4) is 22.8 Å². The molecule has 10 heteroatoms. The van der Waals surface area contributed by atoms with Gasteiger partial charge in [0, 0.05) is 17.3 Å². The molecule has 1 aromatic carbocycles. The van der Waals surface area contributed by atoms with E-state index in [0.717, 1.165) is 11.9 Å². The molecule has 0 fully saturated rings. The number of carbonyl (C=O) groups is 1. The predicted octanol–water partition coefficient (Wildman–Crippen LogP) is 3.33. The molecule has 28 heavy (non-hydrogen) atoms. The van der Waals surface area contributed by atoms with Crippen molar-refractivity contribution in [3.63, 3.8) is 0 Å². The fourth-order valence-corrected chi connectivity index (χ4v) is 2.88. The number of hydrogen-bond acceptors (Lipinski definition) is 8. The first-order chi connectivity index (χ1) is 13.5. The maximum Gasteiger partial charge on any atom is 0.266 e. The van der Waals surface area contributed by atoms with Gasteiger partial charge in [0.15, 0.2) is 17.3 Å². The van der Waals surface area contributed by atoms with Gasteiger partial charge in [0.25, 0.3) is 5.91 Å². The largest absolute Gasteiger partial charge is 0.486 e. The van der Waals surface area contributed by atoms with Crippen LogP contribution in [0.3, 0.4) is 0 Å². The lowest BCUT2D eigenvalue weighted by atomic mass is 10.1. The number of nitrogens with zero attached hydrogens (tertiary/aromatic N) is 2. The normalized spacial score (nSPS) is 13.0. The van der Waals surface area contributed by atoms with Gasteiger partial charge >= 0.3 is 0 Å². The maximum atomic E-state index is 12.1. The average Bonchev–Trinajstić information content (AvgIpc) is 2.70. The van der Waals surface area contributed by atoms with Crippen LogP contribution < -0.4 is 25.7 Å². The summed E-state index contributed by atoms with van der Waals surface area (Å²) in [5, 5.41) is 8.50. The van der Waals surface area contributed by atoms with E-state index in [2.05, 4.69) is 15.3 Å². The Labute approximate surface area is 172 Å². The van der Waals surface area contributed by atoms with Crippen LogP contribution in [0.1, 0.15) is 20.8 Å². The maximum absolute atomic E-state index is 12.1. The van der Waals surface area contributed by atoms with E-state index >= 15 is 0 Å². The van der Waals surface area contributed by atoms with Crippen molar-refractivity contribution in [2.75, 3.05) is 18.5 Å². The smallest absolute Gasteiger partial charge is 0.266 e. The van der Waals surface area contributed by atoms with E-state index in [1.165, 1.54) is 12.4 Å². The van der Waals surface area contributed by atoms with Crippen molar-refractivity contribution in [2.45, 2.75) is 20.8 Å². The number of allylic oxidation sites excluding steroid dienone is 1. The van der Waals surface area contributed by atoms with Gasteiger partial charge in [-0.05, 0) is 24.9 Å². The Bertz CT molecular complexity index is 870. The quantitative estimate of drug-likeness (QED) is 0.505. The lowest BCUT2D eigenvalue weighted by molar-refractivity contribution is -0.112. The molecule has 2 aromatic rings. The minimum absolute atomic E-state index is 0.214. The highest BCUT2D eigenvalue weighted by Gasteiger charge is 2.17. The van der Waals surface area contributed by atoms with Crippen LogP contribution in [-0.4, -0.2) is 29.1 Å². The molecular weight excluding hydrogens is 402 g/mol. The predicted molar refractivity (Wildman–Crippen MR) is 112 cm³/mol. The van der Waals surface area contributed by atoms with Crippen LogP contribution in [0.25, 0.3) is 11.3 Å². The van der Waals surface area contributed by atoms with E-state index in [1.54, 1.807) is 19.1 Å². The zero-order valence-corrected chi connectivity index (χ0v) is 17.4. The number of rotatable bonds is 4. The average molecular weight is 424 g/mol. The molecule has 1 aliphatic rings. The highest BCUT2D eigenvalue weighted by molar-refractivity contribution is 8.01. The number of amides is 1. The fraction of sp³-hybridized carbons (Fsp3) is 0.278. The van der Waals surface area contributed by atoms with Crippen LogP contribution in [0, 0.1) is 0 Å². The molecule has 3 rings (SSSR count). The summed E-state index contributed by atoms with van der Waals surface area (Å²) in [6.07, 6.45) is 2.92. The van der Waals surface area contributed by atoms with E-state index in [0.29, 0.717) is 46.7 Å². The van der Waals surface area contributed by atoms with Gasteiger partial charge in [-0.3, -0.25) is 14.9 Å². The van der Waals surface area contributed by atoms with Gasteiger partial charge in [-0.15, -0.1) is 0 Å². The van der Waals surface area contributed by atoms with Gasteiger partial charge in [0.05, 0.1) is 23.1 Å². The summed E-state index contributed by atoms with van der Waals surface area (Å²) >= 11 is 7.08. The third-order valence-electron chi connectivity index (χ3n) is 3.48. The van der Waals surface area contributed by atoms with Crippen molar-refractivity contribution in [1.29, 1.82) is 0 Å². The summed E-state index contributed by atoms with van der Waals surface area (Å²) in [4.78, 5) is 20.8. The number of ether oxygens (including phenoxy) is 2. The van der Waals surface area contributed by atoms with Gasteiger partial charge in [-0.2, -0.15) is 0 Å². The number of nitrogens with two attached hydrogens (primary N) is 2. The molecule has 150 valence electrons. The summed E-state index contributed by atoms with van der Waals surface area (Å²) in [5.41, 5.74) is 7.12. The number of aromatic nitrogens is 2. The Morgan fingerprint density at radius 2 is 1.82 bits per heavy atom. The summed E-state index contributed by atoms with van der Waals surface area (Å²) in [7, 11) is 0. The third-order valence-corrected chi connectivity index (χ3v) is 4.54. The fourth-order valence-electron chi connectivity index (χ4n) is 2.29. The molecule has 1 aromatic heterocycles. The van der Waals surface area contributed by atoms with Crippen LogP contribution in [0.5, 0.6) is 11.5 Å². The highest BCUT2D eigenvalue weighted by Crippen LogP contribution is 2.39. The first-order valence-corrected chi connectivity index (χ1v) is 9.81. The molecule has 1 amide bonds. The molecule has 0 saturated carbocycles. The van der Waals surface area contributed by atoms with Crippen LogP contribution in [0.15, 0.2) is 35.1 Å². The van der Waals surface area contributed by atoms with Crippen molar-refractivity contribution < 1.29 is 14.3 Å². The second kappa shape index (κ2) is 10.2. The van der Waals surface area contributed by atoms with Gasteiger partial charge in [0.2, 0.25) is 0 Å². The first kappa shape index (κ1) is 21.8. The third kappa shape index (κ3) is 5.06.